The predicted molar refractivity (Wildman–Crippen MR) is 130 cm³/mol. The molecule has 1 aromatic heterocycles. The Balaban J connectivity index is 1.41. The standard InChI is InChI=1S/C25H30N4O5S/c1-18-8-4-5-9-21(18)25-26-23(34-27-25)17-28(2)24(30)13-10-19-16-20(11-12-22(19)33-3)35(31,32)29-14-6-7-15-29/h4-5,8-9,11-12,16H,6-7,10,13-15,17H2,1-3H3. The fraction of sp³-hybridized carbons (Fsp3) is 0.400. The maximum absolute atomic E-state index is 12.9. The van der Waals surface area contributed by atoms with E-state index in [1.54, 1.807) is 25.2 Å². The Kier molecular flexibility index (Phi) is 7.51. The Morgan fingerprint density at radius 2 is 1.91 bits per heavy atom. The number of ether oxygens (including phenoxy) is 1. The molecule has 1 aliphatic rings. The number of amides is 1. The van der Waals surface area contributed by atoms with E-state index in [2.05, 4.69) is 10.1 Å². The molecule has 186 valence electrons. The molecule has 0 bridgehead atoms. The number of carbonyl (C=O) groups excluding carboxylic acids is 1. The average Bonchev–Trinajstić information content (AvgIpc) is 3.55. The van der Waals surface area contributed by atoms with Gasteiger partial charge in [0.1, 0.15) is 5.75 Å². The maximum atomic E-state index is 12.9. The van der Waals surface area contributed by atoms with Gasteiger partial charge in [-0.05, 0) is 55.5 Å². The van der Waals surface area contributed by atoms with E-state index in [0.717, 1.165) is 24.0 Å². The summed E-state index contributed by atoms with van der Waals surface area (Å²) in [6.45, 7) is 3.22. The highest BCUT2D eigenvalue weighted by molar-refractivity contribution is 7.89. The molecule has 9 nitrogen and oxygen atoms in total. The molecule has 10 heteroatoms. The summed E-state index contributed by atoms with van der Waals surface area (Å²) in [5.41, 5.74) is 2.59. The van der Waals surface area contributed by atoms with Crippen molar-refractivity contribution in [2.75, 3.05) is 27.2 Å². The monoisotopic (exact) mass is 498 g/mol. The van der Waals surface area contributed by atoms with Crippen LogP contribution in [0.4, 0.5) is 0 Å². The second kappa shape index (κ2) is 10.6. The molecule has 2 heterocycles. The van der Waals surface area contributed by atoms with Crippen LogP contribution in [0.5, 0.6) is 5.75 Å². The van der Waals surface area contributed by atoms with Crippen molar-refractivity contribution < 1.29 is 22.5 Å². The van der Waals surface area contributed by atoms with E-state index in [9.17, 15) is 13.2 Å². The zero-order valence-corrected chi connectivity index (χ0v) is 21.0. The molecule has 0 aliphatic carbocycles. The molecule has 1 amide bonds. The Labute approximate surface area is 205 Å². The van der Waals surface area contributed by atoms with E-state index in [-0.39, 0.29) is 23.8 Å². The molecule has 2 aromatic carbocycles. The Morgan fingerprint density at radius 3 is 2.63 bits per heavy atom. The van der Waals surface area contributed by atoms with E-state index < -0.39 is 10.0 Å². The van der Waals surface area contributed by atoms with Crippen LogP contribution in [0.3, 0.4) is 0 Å². The second-order valence-electron chi connectivity index (χ2n) is 8.66. The topological polar surface area (TPSA) is 106 Å². The van der Waals surface area contributed by atoms with Gasteiger partial charge in [-0.2, -0.15) is 9.29 Å². The molecule has 1 fully saturated rings. The first-order chi connectivity index (χ1) is 16.8. The summed E-state index contributed by atoms with van der Waals surface area (Å²) in [5.74, 6) is 1.26. The quantitative estimate of drug-likeness (QED) is 0.445. The number of rotatable bonds is 9. The first-order valence-corrected chi connectivity index (χ1v) is 13.0. The second-order valence-corrected chi connectivity index (χ2v) is 10.6. The highest BCUT2D eigenvalue weighted by Gasteiger charge is 2.28. The molecule has 0 atom stereocenters. The van der Waals surface area contributed by atoms with Gasteiger partial charge in [-0.15, -0.1) is 0 Å². The predicted octanol–water partition coefficient (Wildman–Crippen LogP) is 3.43. The number of carbonyl (C=O) groups is 1. The van der Waals surface area contributed by atoms with Crippen LogP contribution in [0.15, 0.2) is 51.9 Å². The van der Waals surface area contributed by atoms with Gasteiger partial charge in [-0.3, -0.25) is 4.79 Å². The molecule has 1 saturated heterocycles. The zero-order chi connectivity index (χ0) is 25.0. The third-order valence-corrected chi connectivity index (χ3v) is 8.11. The summed E-state index contributed by atoms with van der Waals surface area (Å²) in [4.78, 5) is 19.0. The molecule has 1 aliphatic heterocycles. The van der Waals surface area contributed by atoms with Crippen LogP contribution in [0.2, 0.25) is 0 Å². The lowest BCUT2D eigenvalue weighted by atomic mass is 10.1. The summed E-state index contributed by atoms with van der Waals surface area (Å²) >= 11 is 0. The Hall–Kier alpha value is -3.24. The van der Waals surface area contributed by atoms with E-state index in [4.69, 9.17) is 9.26 Å². The van der Waals surface area contributed by atoms with Gasteiger partial charge >= 0.3 is 0 Å². The number of methoxy groups -OCH3 is 1. The van der Waals surface area contributed by atoms with Gasteiger partial charge in [0.25, 0.3) is 0 Å². The first kappa shape index (κ1) is 24.9. The molecular weight excluding hydrogens is 468 g/mol. The molecule has 4 rings (SSSR count). The lowest BCUT2D eigenvalue weighted by Gasteiger charge is -2.18. The molecule has 3 aromatic rings. The minimum atomic E-state index is -3.55. The summed E-state index contributed by atoms with van der Waals surface area (Å²) in [7, 11) is -0.348. The van der Waals surface area contributed by atoms with Crippen LogP contribution in [-0.4, -0.2) is 60.9 Å². The van der Waals surface area contributed by atoms with Crippen molar-refractivity contribution in [3.05, 3.63) is 59.5 Å². The van der Waals surface area contributed by atoms with Crippen molar-refractivity contribution in [2.24, 2.45) is 0 Å². The van der Waals surface area contributed by atoms with E-state index >= 15 is 0 Å². The van der Waals surface area contributed by atoms with Gasteiger partial charge in [-0.25, -0.2) is 8.42 Å². The number of aromatic nitrogens is 2. The lowest BCUT2D eigenvalue weighted by Crippen LogP contribution is -2.28. The minimum Gasteiger partial charge on any atom is -0.496 e. The van der Waals surface area contributed by atoms with Crippen LogP contribution in [0.1, 0.15) is 36.3 Å². The van der Waals surface area contributed by atoms with Gasteiger partial charge in [-0.1, -0.05) is 29.4 Å². The Morgan fingerprint density at radius 1 is 1.17 bits per heavy atom. The van der Waals surface area contributed by atoms with Gasteiger partial charge in [0, 0.05) is 32.1 Å². The number of benzene rings is 2. The summed E-state index contributed by atoms with van der Waals surface area (Å²) in [6.07, 6.45) is 2.26. The SMILES string of the molecule is COc1ccc(S(=O)(=O)N2CCCC2)cc1CCC(=O)N(C)Cc1nc(-c2ccccc2C)no1. The van der Waals surface area contributed by atoms with Gasteiger partial charge in [0.2, 0.25) is 27.6 Å². The van der Waals surface area contributed by atoms with Crippen LogP contribution in [0.25, 0.3) is 11.4 Å². The zero-order valence-electron chi connectivity index (χ0n) is 20.2. The van der Waals surface area contributed by atoms with Crippen molar-refractivity contribution in [1.82, 2.24) is 19.3 Å². The third kappa shape index (κ3) is 5.54. The van der Waals surface area contributed by atoms with Crippen LogP contribution < -0.4 is 4.74 Å². The van der Waals surface area contributed by atoms with Crippen LogP contribution >= 0.6 is 0 Å². The molecule has 35 heavy (non-hydrogen) atoms. The number of sulfonamides is 1. The molecule has 0 spiro atoms. The van der Waals surface area contributed by atoms with E-state index in [0.29, 0.717) is 42.5 Å². The lowest BCUT2D eigenvalue weighted by molar-refractivity contribution is -0.130. The van der Waals surface area contributed by atoms with Crippen molar-refractivity contribution in [2.45, 2.75) is 44.0 Å². The summed E-state index contributed by atoms with van der Waals surface area (Å²) in [6, 6.07) is 12.6. The average molecular weight is 499 g/mol. The fourth-order valence-corrected chi connectivity index (χ4v) is 5.73. The van der Waals surface area contributed by atoms with Crippen molar-refractivity contribution >= 4 is 15.9 Å². The summed E-state index contributed by atoms with van der Waals surface area (Å²) in [5, 5.41) is 4.04. The molecule has 0 unspecified atom stereocenters. The van der Waals surface area contributed by atoms with Crippen LogP contribution in [-0.2, 0) is 27.8 Å². The van der Waals surface area contributed by atoms with Gasteiger partial charge < -0.3 is 14.2 Å². The number of hydrogen-bond acceptors (Lipinski definition) is 7. The van der Waals surface area contributed by atoms with Crippen molar-refractivity contribution in [1.29, 1.82) is 0 Å². The minimum absolute atomic E-state index is 0.129. The van der Waals surface area contributed by atoms with Gasteiger partial charge in [0.15, 0.2) is 0 Å². The fourth-order valence-electron chi connectivity index (χ4n) is 4.16. The number of aryl methyl sites for hydroxylation is 2. The third-order valence-electron chi connectivity index (χ3n) is 6.22. The highest BCUT2D eigenvalue weighted by Crippen LogP contribution is 2.27. The highest BCUT2D eigenvalue weighted by atomic mass is 32.2. The van der Waals surface area contributed by atoms with E-state index in [1.165, 1.54) is 16.3 Å². The molecule has 0 radical (unpaired) electrons. The number of nitrogens with zero attached hydrogens (tertiary/aromatic N) is 4. The number of hydrogen-bond donors (Lipinski definition) is 0. The largest absolute Gasteiger partial charge is 0.496 e. The van der Waals surface area contributed by atoms with E-state index in [1.807, 2.05) is 31.2 Å². The molecule has 0 saturated carbocycles. The van der Waals surface area contributed by atoms with Crippen molar-refractivity contribution in [3.63, 3.8) is 0 Å². The molecular formula is C25H30N4O5S. The Bertz CT molecular complexity index is 1300. The first-order valence-electron chi connectivity index (χ1n) is 11.6. The molecule has 0 N–H and O–H groups in total. The van der Waals surface area contributed by atoms with Crippen LogP contribution in [0, 0.1) is 6.92 Å². The summed E-state index contributed by atoms with van der Waals surface area (Å²) < 4.78 is 38.2. The smallest absolute Gasteiger partial charge is 0.246 e. The van der Waals surface area contributed by atoms with Crippen molar-refractivity contribution in [3.8, 4) is 17.1 Å². The van der Waals surface area contributed by atoms with Gasteiger partial charge in [0.05, 0.1) is 18.6 Å². The normalized spacial score (nSPS) is 14.3. The maximum Gasteiger partial charge on any atom is 0.246 e.